The Bertz CT molecular complexity index is 411. The zero-order valence-electron chi connectivity index (χ0n) is 10.0. The van der Waals surface area contributed by atoms with Crippen molar-refractivity contribution >= 4 is 40.9 Å². The van der Waals surface area contributed by atoms with Gasteiger partial charge in [-0.2, -0.15) is 0 Å². The van der Waals surface area contributed by atoms with Crippen LogP contribution < -0.4 is 0 Å². The first kappa shape index (κ1) is 14.7. The second-order valence-electron chi connectivity index (χ2n) is 3.77. The molecule has 0 aromatic heterocycles. The first-order valence-corrected chi connectivity index (χ1v) is 7.31. The summed E-state index contributed by atoms with van der Waals surface area (Å²) in [6.07, 6.45) is 1.96. The van der Waals surface area contributed by atoms with Gasteiger partial charge in [0.25, 0.3) is 5.91 Å². The number of nitrogens with zero attached hydrogens (tertiary/aromatic N) is 1. The van der Waals surface area contributed by atoms with Crippen LogP contribution in [-0.2, 0) is 0 Å². The highest BCUT2D eigenvalue weighted by Crippen LogP contribution is 2.24. The Hall–Kier alpha value is -0.380. The van der Waals surface area contributed by atoms with Gasteiger partial charge in [-0.3, -0.25) is 4.79 Å². The number of halogens is 2. The van der Waals surface area contributed by atoms with E-state index in [0.29, 0.717) is 16.5 Å². The molecule has 0 aliphatic carbocycles. The summed E-state index contributed by atoms with van der Waals surface area (Å²) in [5.41, 5.74) is 0.526. The summed E-state index contributed by atoms with van der Waals surface area (Å²) in [5, 5.41) is 0.474. The predicted molar refractivity (Wildman–Crippen MR) is 75.5 cm³/mol. The molecule has 17 heavy (non-hydrogen) atoms. The maximum absolute atomic E-state index is 12.2. The highest BCUT2D eigenvalue weighted by Gasteiger charge is 2.19. The Kier molecular flexibility index (Phi) is 5.63. The van der Waals surface area contributed by atoms with Crippen LogP contribution in [0, 0.1) is 0 Å². The molecule has 1 aromatic carbocycles. The molecule has 1 aromatic rings. The number of hydrogen-bond acceptors (Lipinski definition) is 2. The first-order valence-electron chi connectivity index (χ1n) is 5.18. The third kappa shape index (κ3) is 3.54. The van der Waals surface area contributed by atoms with Gasteiger partial charge in [-0.15, -0.1) is 23.4 Å². The second-order valence-corrected chi connectivity index (χ2v) is 5.36. The van der Waals surface area contributed by atoms with Crippen molar-refractivity contribution in [2.75, 3.05) is 19.2 Å². The van der Waals surface area contributed by atoms with Gasteiger partial charge in [-0.05, 0) is 31.4 Å². The number of amides is 1. The van der Waals surface area contributed by atoms with Gasteiger partial charge in [0.2, 0.25) is 0 Å². The van der Waals surface area contributed by atoms with Crippen molar-refractivity contribution in [1.82, 2.24) is 4.90 Å². The van der Waals surface area contributed by atoms with E-state index in [2.05, 4.69) is 0 Å². The number of rotatable bonds is 4. The monoisotopic (exact) mass is 291 g/mol. The Labute approximate surface area is 116 Å². The molecule has 5 heteroatoms. The summed E-state index contributed by atoms with van der Waals surface area (Å²) in [5.74, 6) is 0.307. The highest BCUT2D eigenvalue weighted by atomic mass is 35.5. The third-order valence-corrected chi connectivity index (χ3v) is 4.11. The zero-order chi connectivity index (χ0) is 13.0. The van der Waals surface area contributed by atoms with Gasteiger partial charge in [0, 0.05) is 23.9 Å². The van der Waals surface area contributed by atoms with Crippen molar-refractivity contribution in [2.45, 2.75) is 17.9 Å². The van der Waals surface area contributed by atoms with E-state index < -0.39 is 0 Å². The van der Waals surface area contributed by atoms with Crippen molar-refractivity contribution in [3.8, 4) is 0 Å². The number of hydrogen-bond donors (Lipinski definition) is 0. The molecule has 1 amide bonds. The van der Waals surface area contributed by atoms with Crippen LogP contribution in [0.25, 0.3) is 0 Å². The van der Waals surface area contributed by atoms with Crippen LogP contribution in [0.15, 0.2) is 23.1 Å². The summed E-state index contributed by atoms with van der Waals surface area (Å²) in [6, 6.07) is 5.44. The summed E-state index contributed by atoms with van der Waals surface area (Å²) >= 11 is 13.4. The number of carbonyl (C=O) groups is 1. The standard InChI is InChI=1S/C12H15Cl2NOS/c1-8(7-13)15(2)12(16)10-6-9(17-3)4-5-11(10)14/h4-6,8H,7H2,1-3H3. The predicted octanol–water partition coefficient (Wildman–Crippen LogP) is 3.76. The van der Waals surface area contributed by atoms with Gasteiger partial charge >= 0.3 is 0 Å². The van der Waals surface area contributed by atoms with Gasteiger partial charge in [-0.25, -0.2) is 0 Å². The molecule has 1 unspecified atom stereocenters. The van der Waals surface area contributed by atoms with Gasteiger partial charge in [0.15, 0.2) is 0 Å². The van der Waals surface area contributed by atoms with Crippen LogP contribution in [-0.4, -0.2) is 36.0 Å². The van der Waals surface area contributed by atoms with Crippen molar-refractivity contribution in [3.63, 3.8) is 0 Å². The fraction of sp³-hybridized carbons (Fsp3) is 0.417. The minimum atomic E-state index is -0.0981. The smallest absolute Gasteiger partial charge is 0.255 e. The molecule has 2 nitrogen and oxygen atoms in total. The lowest BCUT2D eigenvalue weighted by atomic mass is 10.2. The van der Waals surface area contributed by atoms with Gasteiger partial charge in [0.1, 0.15) is 0 Å². The van der Waals surface area contributed by atoms with E-state index in [1.807, 2.05) is 25.3 Å². The molecule has 0 fully saturated rings. The molecule has 0 N–H and O–H groups in total. The number of carbonyl (C=O) groups excluding carboxylic acids is 1. The van der Waals surface area contributed by atoms with Crippen molar-refractivity contribution in [3.05, 3.63) is 28.8 Å². The maximum atomic E-state index is 12.2. The van der Waals surface area contributed by atoms with E-state index in [1.165, 1.54) is 0 Å². The van der Waals surface area contributed by atoms with Crippen LogP contribution >= 0.6 is 35.0 Å². The molecule has 0 heterocycles. The molecule has 0 bridgehead atoms. The summed E-state index contributed by atoms with van der Waals surface area (Å²) in [4.78, 5) is 14.8. The lowest BCUT2D eigenvalue weighted by Crippen LogP contribution is -2.36. The topological polar surface area (TPSA) is 20.3 Å². The Balaban J connectivity index is 3.02. The third-order valence-electron chi connectivity index (χ3n) is 2.61. The molecular weight excluding hydrogens is 277 g/mol. The van der Waals surface area contributed by atoms with Gasteiger partial charge in [0.05, 0.1) is 10.6 Å². The molecule has 0 aliphatic rings. The number of benzene rings is 1. The fourth-order valence-corrected chi connectivity index (χ4v) is 2.13. The lowest BCUT2D eigenvalue weighted by molar-refractivity contribution is 0.0756. The Morgan fingerprint density at radius 3 is 2.71 bits per heavy atom. The molecule has 94 valence electrons. The quantitative estimate of drug-likeness (QED) is 0.622. The average molecular weight is 292 g/mol. The lowest BCUT2D eigenvalue weighted by Gasteiger charge is -2.23. The van der Waals surface area contributed by atoms with Crippen LogP contribution in [0.4, 0.5) is 0 Å². The van der Waals surface area contributed by atoms with E-state index in [9.17, 15) is 4.79 Å². The van der Waals surface area contributed by atoms with Crippen molar-refractivity contribution in [2.24, 2.45) is 0 Å². The van der Waals surface area contributed by atoms with Crippen LogP contribution in [0.3, 0.4) is 0 Å². The Morgan fingerprint density at radius 1 is 1.53 bits per heavy atom. The van der Waals surface area contributed by atoms with Crippen LogP contribution in [0.5, 0.6) is 0 Å². The van der Waals surface area contributed by atoms with Crippen LogP contribution in [0.1, 0.15) is 17.3 Å². The summed E-state index contributed by atoms with van der Waals surface area (Å²) in [6.45, 7) is 1.90. The van der Waals surface area contributed by atoms with Crippen molar-refractivity contribution in [1.29, 1.82) is 0 Å². The Morgan fingerprint density at radius 2 is 2.18 bits per heavy atom. The van der Waals surface area contributed by atoms with E-state index in [-0.39, 0.29) is 11.9 Å². The van der Waals surface area contributed by atoms with Gasteiger partial charge < -0.3 is 4.90 Å². The second kappa shape index (κ2) is 6.53. The molecule has 1 rings (SSSR count). The minimum absolute atomic E-state index is 0.0156. The normalized spacial score (nSPS) is 12.3. The largest absolute Gasteiger partial charge is 0.338 e. The molecule has 0 saturated heterocycles. The van der Waals surface area contributed by atoms with Gasteiger partial charge in [-0.1, -0.05) is 11.6 Å². The minimum Gasteiger partial charge on any atom is -0.338 e. The zero-order valence-corrected chi connectivity index (χ0v) is 12.4. The summed E-state index contributed by atoms with van der Waals surface area (Å²) in [7, 11) is 1.73. The highest BCUT2D eigenvalue weighted by molar-refractivity contribution is 7.98. The fourth-order valence-electron chi connectivity index (χ4n) is 1.29. The number of alkyl halides is 1. The molecule has 0 radical (unpaired) electrons. The molecule has 0 spiro atoms. The average Bonchev–Trinajstić information content (AvgIpc) is 2.36. The molecule has 1 atom stereocenters. The van der Waals surface area contributed by atoms with Crippen LogP contribution in [0.2, 0.25) is 5.02 Å². The molecule has 0 aliphatic heterocycles. The molecular formula is C12H15Cl2NOS. The van der Waals surface area contributed by atoms with E-state index in [1.54, 1.807) is 29.8 Å². The van der Waals surface area contributed by atoms with Crippen molar-refractivity contribution < 1.29 is 4.79 Å². The SMILES string of the molecule is CSc1ccc(Cl)c(C(=O)N(C)C(C)CCl)c1. The number of thioether (sulfide) groups is 1. The maximum Gasteiger partial charge on any atom is 0.255 e. The van der Waals surface area contributed by atoms with E-state index >= 15 is 0 Å². The van der Waals surface area contributed by atoms with E-state index in [4.69, 9.17) is 23.2 Å². The first-order chi connectivity index (χ1) is 8.01. The molecule has 0 saturated carbocycles. The van der Waals surface area contributed by atoms with E-state index in [0.717, 1.165) is 4.90 Å². The summed E-state index contributed by atoms with van der Waals surface area (Å²) < 4.78 is 0.